The number of hydrogen-bond acceptors (Lipinski definition) is 4. The average molecular weight is 468 g/mol. The summed E-state index contributed by atoms with van der Waals surface area (Å²) in [5.74, 6) is 4.40. The highest BCUT2D eigenvalue weighted by atomic mass is 19.3. The lowest BCUT2D eigenvalue weighted by atomic mass is 9.97. The zero-order valence-electron chi connectivity index (χ0n) is 20.8. The summed E-state index contributed by atoms with van der Waals surface area (Å²) < 4.78 is 57.3. The maximum atomic E-state index is 13.4. The molecule has 2 aliphatic rings. The monoisotopic (exact) mass is 468 g/mol. The number of aromatic nitrogens is 2. The van der Waals surface area contributed by atoms with Gasteiger partial charge in [-0.1, -0.05) is 17.9 Å². The van der Waals surface area contributed by atoms with E-state index in [4.69, 9.17) is 14.0 Å². The molecule has 2 atom stereocenters. The second kappa shape index (κ2) is 8.45. The third-order valence-corrected chi connectivity index (χ3v) is 6.07. The molecule has 9 heteroatoms. The van der Waals surface area contributed by atoms with Gasteiger partial charge in [-0.05, 0) is 36.8 Å². The number of amides is 1. The number of nitrogens with zero attached hydrogens (tertiary/aromatic N) is 3. The third kappa shape index (κ3) is 3.65. The molecule has 0 unspecified atom stereocenters. The normalized spacial score (nSPS) is 20.0. The van der Waals surface area contributed by atoms with Crippen LogP contribution in [-0.4, -0.2) is 45.0 Å². The number of imidazole rings is 1. The average Bonchev–Trinajstić information content (AvgIpc) is 3.30. The van der Waals surface area contributed by atoms with Gasteiger partial charge in [0.05, 0.1) is 23.1 Å². The molecule has 174 valence electrons. The molecule has 3 heterocycles. The predicted octanol–water partition coefficient (Wildman–Crippen LogP) is 4.36. The number of hydrogen-bond donors (Lipinski definition) is 1. The van der Waals surface area contributed by atoms with Crippen LogP contribution in [0.5, 0.6) is 5.75 Å². The highest BCUT2D eigenvalue weighted by Crippen LogP contribution is 2.49. The summed E-state index contributed by atoms with van der Waals surface area (Å²) >= 11 is 0. The summed E-state index contributed by atoms with van der Waals surface area (Å²) in [4.78, 5) is 29.5. The van der Waals surface area contributed by atoms with Crippen molar-refractivity contribution < 1.29 is 32.3 Å². The molecule has 2 aliphatic heterocycles. The number of carbonyl (C=O) groups excluding carboxylic acids is 1. The molecule has 0 aliphatic carbocycles. The number of alkyl halides is 2. The molecule has 1 N–H and O–H groups in total. The van der Waals surface area contributed by atoms with Gasteiger partial charge in [0.1, 0.15) is 11.6 Å². The number of carboxylic acid groups (broad SMARTS) is 1. The Kier molecular flexibility index (Phi) is 4.59. The first-order valence-corrected chi connectivity index (χ1v) is 10.7. The maximum absolute atomic E-state index is 13.4. The Bertz CT molecular complexity index is 1480. The Morgan fingerprint density at radius 3 is 2.97 bits per heavy atom. The van der Waals surface area contributed by atoms with Crippen LogP contribution in [0.25, 0.3) is 11.0 Å². The lowest BCUT2D eigenvalue weighted by Gasteiger charge is -2.24. The molecule has 5 rings (SSSR count). The number of ether oxygens (including phenoxy) is 1. The topological polar surface area (TPSA) is 84.7 Å². The first kappa shape index (κ1) is 18.5. The molecule has 0 spiro atoms. The Morgan fingerprint density at radius 2 is 2.21 bits per heavy atom. The number of halogens is 2. The summed E-state index contributed by atoms with van der Waals surface area (Å²) in [5, 5.41) is 8.76. The molecular weight excluding hydrogens is 444 g/mol. The third-order valence-electron chi connectivity index (χ3n) is 6.07. The number of benzene rings is 2. The highest BCUT2D eigenvalue weighted by molar-refractivity contribution is 5.97. The van der Waals surface area contributed by atoms with Crippen LogP contribution in [0.3, 0.4) is 0 Å². The zero-order valence-corrected chi connectivity index (χ0v) is 17.8. The zero-order chi connectivity index (χ0) is 26.5. The van der Waals surface area contributed by atoms with E-state index < -0.39 is 37.5 Å². The summed E-state index contributed by atoms with van der Waals surface area (Å²) in [6.07, 6.45) is 0.966. The molecule has 3 aromatic rings. The van der Waals surface area contributed by atoms with E-state index in [2.05, 4.69) is 16.8 Å². The molecule has 0 saturated carbocycles. The fourth-order valence-electron chi connectivity index (χ4n) is 4.68. The van der Waals surface area contributed by atoms with E-state index in [1.807, 2.05) is 0 Å². The van der Waals surface area contributed by atoms with Crippen LogP contribution in [0.1, 0.15) is 69.2 Å². The van der Waals surface area contributed by atoms with E-state index in [1.165, 1.54) is 18.2 Å². The number of carbonyl (C=O) groups is 2. The Morgan fingerprint density at radius 1 is 1.35 bits per heavy atom. The van der Waals surface area contributed by atoms with Crippen LogP contribution in [0.4, 0.5) is 8.78 Å². The number of carboxylic acids is 1. The fourth-order valence-corrected chi connectivity index (χ4v) is 4.68. The summed E-state index contributed by atoms with van der Waals surface area (Å²) in [6.45, 7) is -5.93. The quantitative estimate of drug-likeness (QED) is 0.444. The lowest BCUT2D eigenvalue weighted by molar-refractivity contribution is -0.137. The van der Waals surface area contributed by atoms with E-state index in [1.54, 1.807) is 22.8 Å². The molecule has 1 aromatic heterocycles. The van der Waals surface area contributed by atoms with Crippen LogP contribution in [-0.2, 0) is 4.79 Å². The van der Waals surface area contributed by atoms with Gasteiger partial charge in [0.25, 0.3) is 5.91 Å². The molecule has 0 radical (unpaired) electrons. The first-order valence-electron chi connectivity index (χ1n) is 12.2. The Hall–Kier alpha value is -3.93. The van der Waals surface area contributed by atoms with Gasteiger partial charge in [0.2, 0.25) is 0 Å². The molecule has 2 aromatic carbocycles. The van der Waals surface area contributed by atoms with Crippen LogP contribution in [0.15, 0.2) is 36.4 Å². The van der Waals surface area contributed by atoms with Crippen molar-refractivity contribution in [2.24, 2.45) is 0 Å². The van der Waals surface area contributed by atoms with Crippen LogP contribution in [0, 0.1) is 11.8 Å². The van der Waals surface area contributed by atoms with Gasteiger partial charge in [-0.2, -0.15) is 8.78 Å². The van der Waals surface area contributed by atoms with Gasteiger partial charge < -0.3 is 19.3 Å². The molecule has 0 saturated heterocycles. The van der Waals surface area contributed by atoms with E-state index >= 15 is 0 Å². The van der Waals surface area contributed by atoms with Gasteiger partial charge in [-0.3, -0.25) is 9.59 Å². The van der Waals surface area contributed by atoms with E-state index in [9.17, 15) is 18.4 Å². The van der Waals surface area contributed by atoms with Gasteiger partial charge in [-0.25, -0.2) is 4.98 Å². The minimum Gasteiger partial charge on any atom is -0.481 e. The molecular formula is C25H21F2N3O4. The predicted molar refractivity (Wildman–Crippen MR) is 119 cm³/mol. The van der Waals surface area contributed by atoms with Crippen LogP contribution < -0.4 is 4.74 Å². The van der Waals surface area contributed by atoms with Gasteiger partial charge in [-0.15, -0.1) is 0 Å². The molecule has 34 heavy (non-hydrogen) atoms. The Labute approximate surface area is 198 Å². The summed E-state index contributed by atoms with van der Waals surface area (Å²) in [7, 11) is 0. The molecule has 2 bridgehead atoms. The maximum Gasteiger partial charge on any atom is 0.387 e. The van der Waals surface area contributed by atoms with Crippen molar-refractivity contribution in [2.75, 3.05) is 6.98 Å². The molecule has 1 amide bonds. The second-order valence-corrected chi connectivity index (χ2v) is 8.13. The SMILES string of the molecule is [2H]C([2H])([2H])N1C(=O)c2cccc(OC(F)F)c2[C@H]2C[C@@H]1c1nc3ccc(C#CCCCC(=O)O)cc3n12. The number of aliphatic carboxylic acids is 1. The molecule has 0 fully saturated rings. The van der Waals surface area contributed by atoms with E-state index in [0.29, 0.717) is 35.3 Å². The van der Waals surface area contributed by atoms with Crippen molar-refractivity contribution in [2.45, 2.75) is 44.4 Å². The van der Waals surface area contributed by atoms with Crippen LogP contribution in [0.2, 0.25) is 0 Å². The van der Waals surface area contributed by atoms with E-state index in [-0.39, 0.29) is 29.7 Å². The fraction of sp³-hybridized carbons (Fsp3) is 0.320. The van der Waals surface area contributed by atoms with Crippen molar-refractivity contribution in [1.29, 1.82) is 0 Å². The summed E-state index contributed by atoms with van der Waals surface area (Å²) in [6, 6.07) is 7.79. The summed E-state index contributed by atoms with van der Waals surface area (Å²) in [5.41, 5.74) is 1.95. The smallest absolute Gasteiger partial charge is 0.387 e. The number of unbranched alkanes of at least 4 members (excludes halogenated alkanes) is 1. The standard InChI is InChI=1S/C25H21F2N3O4/c1-29-19-13-18(22-15(24(29)33)7-5-8-20(22)34-25(26)27)30-17-12-14(6-3-2-4-9-21(31)32)10-11-16(17)28-23(19)30/h5,7-8,10-12,18-19,25H,2,4,9,13H2,1H3,(H,31,32)/t18-,19-/m1/s1/i1D3. The second-order valence-electron chi connectivity index (χ2n) is 8.13. The highest BCUT2D eigenvalue weighted by Gasteiger charge is 2.44. The number of fused-ring (bicyclic) bond motifs is 9. The van der Waals surface area contributed by atoms with Gasteiger partial charge in [0, 0.05) is 47.0 Å². The molecule has 7 nitrogen and oxygen atoms in total. The van der Waals surface area contributed by atoms with Gasteiger partial charge in [0.15, 0.2) is 0 Å². The van der Waals surface area contributed by atoms with Crippen molar-refractivity contribution in [3.63, 3.8) is 0 Å². The largest absolute Gasteiger partial charge is 0.481 e. The van der Waals surface area contributed by atoms with E-state index in [0.717, 1.165) is 4.90 Å². The van der Waals surface area contributed by atoms with Crippen molar-refractivity contribution in [3.8, 4) is 17.6 Å². The van der Waals surface area contributed by atoms with Crippen LogP contribution >= 0.6 is 0 Å². The first-order chi connectivity index (χ1) is 17.6. The number of rotatable bonds is 5. The minimum atomic E-state index is -3.14. The lowest BCUT2D eigenvalue weighted by Crippen LogP contribution is -2.30. The van der Waals surface area contributed by atoms with Crippen molar-refractivity contribution in [3.05, 3.63) is 58.9 Å². The van der Waals surface area contributed by atoms with Crippen molar-refractivity contribution >= 4 is 22.9 Å². The van der Waals surface area contributed by atoms with Crippen molar-refractivity contribution in [1.82, 2.24) is 14.5 Å². The minimum absolute atomic E-state index is 0.0105. The van der Waals surface area contributed by atoms with Gasteiger partial charge >= 0.3 is 12.6 Å². The Balaban J connectivity index is 1.66.